The van der Waals surface area contributed by atoms with Crippen LogP contribution in [-0.2, 0) is 9.53 Å². The van der Waals surface area contributed by atoms with Crippen molar-refractivity contribution in [3.63, 3.8) is 0 Å². The molecule has 0 aromatic carbocycles. The first-order chi connectivity index (χ1) is 5.58. The number of ether oxygens (including phenoxy) is 1. The fourth-order valence-electron chi connectivity index (χ4n) is 2.25. The highest BCUT2D eigenvalue weighted by atomic mass is 16.6. The van der Waals surface area contributed by atoms with E-state index in [1.165, 1.54) is 0 Å². The van der Waals surface area contributed by atoms with E-state index in [4.69, 9.17) is 4.74 Å². The molecule has 1 saturated heterocycles. The Balaban J connectivity index is 2.35. The third-order valence-corrected chi connectivity index (χ3v) is 3.36. The summed E-state index contributed by atoms with van der Waals surface area (Å²) in [7, 11) is 0. The molecule has 0 bridgehead atoms. The van der Waals surface area contributed by atoms with Crippen molar-refractivity contribution in [2.45, 2.75) is 38.4 Å². The van der Waals surface area contributed by atoms with Gasteiger partial charge in [-0.25, -0.2) is 0 Å². The molecule has 1 N–H and O–H groups in total. The molecule has 0 amide bonds. The largest absolute Gasteiger partial charge is 0.365 e. The molecule has 12 heavy (non-hydrogen) atoms. The van der Waals surface area contributed by atoms with Crippen LogP contribution in [0.2, 0.25) is 0 Å². The molecule has 3 heteroatoms. The van der Waals surface area contributed by atoms with Crippen LogP contribution in [0.25, 0.3) is 0 Å². The molecule has 0 aromatic heterocycles. The van der Waals surface area contributed by atoms with Gasteiger partial charge in [-0.2, -0.15) is 0 Å². The molecule has 1 heterocycles. The highest BCUT2D eigenvalue weighted by Crippen LogP contribution is 2.49. The predicted octanol–water partition coefficient (Wildman–Crippen LogP) is 0.855. The maximum absolute atomic E-state index is 11.5. The molecule has 0 aromatic rings. The van der Waals surface area contributed by atoms with Gasteiger partial charge >= 0.3 is 0 Å². The van der Waals surface area contributed by atoms with Gasteiger partial charge in [0.05, 0.1) is 5.41 Å². The Bertz CT molecular complexity index is 226. The van der Waals surface area contributed by atoms with Crippen molar-refractivity contribution in [3.8, 4) is 0 Å². The first kappa shape index (κ1) is 8.20. The summed E-state index contributed by atoms with van der Waals surface area (Å²) in [5, 5.41) is 10.00. The van der Waals surface area contributed by atoms with Crippen LogP contribution in [0.4, 0.5) is 0 Å². The zero-order valence-corrected chi connectivity index (χ0v) is 7.30. The zero-order valence-electron chi connectivity index (χ0n) is 7.30. The predicted molar refractivity (Wildman–Crippen MR) is 42.5 cm³/mol. The van der Waals surface area contributed by atoms with Crippen molar-refractivity contribution < 1.29 is 14.6 Å². The average molecular weight is 170 g/mol. The normalized spacial score (nSPS) is 47.7. The van der Waals surface area contributed by atoms with Gasteiger partial charge in [-0.3, -0.25) is 4.79 Å². The Kier molecular flexibility index (Phi) is 1.57. The van der Waals surface area contributed by atoms with Crippen molar-refractivity contribution >= 4 is 5.78 Å². The lowest BCUT2D eigenvalue weighted by atomic mass is 9.70. The molecular weight excluding hydrogens is 156 g/mol. The number of rotatable bonds is 0. The summed E-state index contributed by atoms with van der Waals surface area (Å²) in [5.41, 5.74) is -0.620. The maximum Gasteiger partial charge on any atom is 0.178 e. The molecule has 2 aliphatic rings. The second-order valence-corrected chi connectivity index (χ2v) is 4.04. The first-order valence-corrected chi connectivity index (χ1v) is 4.48. The lowest BCUT2D eigenvalue weighted by molar-refractivity contribution is -0.237. The summed E-state index contributed by atoms with van der Waals surface area (Å²) in [6.07, 6.45) is 3.35. The minimum absolute atomic E-state index is 0.0599. The van der Waals surface area contributed by atoms with E-state index in [1.54, 1.807) is 0 Å². The molecule has 2 fully saturated rings. The molecule has 68 valence electrons. The SMILES string of the molecule is CC12CCCCC1(O)OCC2=O. The molecule has 1 aliphatic heterocycles. The summed E-state index contributed by atoms with van der Waals surface area (Å²) >= 11 is 0. The summed E-state index contributed by atoms with van der Waals surface area (Å²) in [4.78, 5) is 11.5. The lowest BCUT2D eigenvalue weighted by Crippen LogP contribution is -2.48. The van der Waals surface area contributed by atoms with Crippen LogP contribution in [0.3, 0.4) is 0 Å². The van der Waals surface area contributed by atoms with Crippen molar-refractivity contribution in [1.29, 1.82) is 0 Å². The summed E-state index contributed by atoms with van der Waals surface area (Å²) in [6.45, 7) is 1.91. The lowest BCUT2D eigenvalue weighted by Gasteiger charge is -2.40. The highest BCUT2D eigenvalue weighted by molar-refractivity contribution is 5.88. The second kappa shape index (κ2) is 2.30. The molecule has 1 aliphatic carbocycles. The first-order valence-electron chi connectivity index (χ1n) is 4.48. The smallest absolute Gasteiger partial charge is 0.178 e. The van der Waals surface area contributed by atoms with Crippen LogP contribution >= 0.6 is 0 Å². The van der Waals surface area contributed by atoms with Crippen molar-refractivity contribution in [3.05, 3.63) is 0 Å². The third kappa shape index (κ3) is 0.808. The minimum Gasteiger partial charge on any atom is -0.365 e. The van der Waals surface area contributed by atoms with E-state index in [9.17, 15) is 9.90 Å². The number of Topliss-reactive ketones (excluding diaryl/α,β-unsaturated/α-hetero) is 1. The number of fused-ring (bicyclic) bond motifs is 1. The number of carbonyl (C=O) groups excluding carboxylic acids is 1. The van der Waals surface area contributed by atoms with Crippen LogP contribution in [0, 0.1) is 5.41 Å². The van der Waals surface area contributed by atoms with E-state index in [-0.39, 0.29) is 12.4 Å². The molecule has 2 unspecified atom stereocenters. The molecule has 0 radical (unpaired) electrons. The van der Waals surface area contributed by atoms with Gasteiger partial charge in [0.15, 0.2) is 11.6 Å². The van der Waals surface area contributed by atoms with E-state index < -0.39 is 11.2 Å². The molecule has 3 nitrogen and oxygen atoms in total. The van der Waals surface area contributed by atoms with Crippen LogP contribution in [0.15, 0.2) is 0 Å². The second-order valence-electron chi connectivity index (χ2n) is 4.04. The number of hydrogen-bond donors (Lipinski definition) is 1. The quantitative estimate of drug-likeness (QED) is 0.586. The van der Waals surface area contributed by atoms with Crippen molar-refractivity contribution in [1.82, 2.24) is 0 Å². The monoisotopic (exact) mass is 170 g/mol. The van der Waals surface area contributed by atoms with Gasteiger partial charge in [-0.05, 0) is 19.8 Å². The van der Waals surface area contributed by atoms with Crippen LogP contribution in [0.1, 0.15) is 32.6 Å². The van der Waals surface area contributed by atoms with Gasteiger partial charge in [0.25, 0.3) is 0 Å². The Labute approximate surface area is 71.7 Å². The van der Waals surface area contributed by atoms with E-state index in [0.717, 1.165) is 19.3 Å². The van der Waals surface area contributed by atoms with E-state index in [0.29, 0.717) is 6.42 Å². The van der Waals surface area contributed by atoms with E-state index >= 15 is 0 Å². The van der Waals surface area contributed by atoms with Gasteiger partial charge in [0.2, 0.25) is 0 Å². The number of carbonyl (C=O) groups is 1. The minimum atomic E-state index is -1.15. The van der Waals surface area contributed by atoms with Gasteiger partial charge in [0.1, 0.15) is 6.61 Å². The molecule has 1 saturated carbocycles. The van der Waals surface area contributed by atoms with Crippen molar-refractivity contribution in [2.75, 3.05) is 6.61 Å². The maximum atomic E-state index is 11.5. The molecular formula is C9H14O3. The summed E-state index contributed by atoms with van der Waals surface area (Å²) in [6, 6.07) is 0. The van der Waals surface area contributed by atoms with E-state index in [2.05, 4.69) is 0 Å². The average Bonchev–Trinajstić information content (AvgIpc) is 2.28. The standard InChI is InChI=1S/C9H14O3/c1-8-4-2-3-5-9(8,11)12-6-7(8)10/h11H,2-6H2,1H3. The molecule has 0 spiro atoms. The summed E-state index contributed by atoms with van der Waals surface area (Å²) in [5.74, 6) is -1.09. The highest BCUT2D eigenvalue weighted by Gasteiger charge is 2.58. The van der Waals surface area contributed by atoms with E-state index in [1.807, 2.05) is 6.92 Å². The third-order valence-electron chi connectivity index (χ3n) is 3.36. The van der Waals surface area contributed by atoms with Gasteiger partial charge in [-0.15, -0.1) is 0 Å². The fraction of sp³-hybridized carbons (Fsp3) is 0.889. The van der Waals surface area contributed by atoms with Crippen molar-refractivity contribution in [2.24, 2.45) is 5.41 Å². The Hall–Kier alpha value is -0.410. The Morgan fingerprint density at radius 3 is 2.75 bits per heavy atom. The number of hydrogen-bond acceptors (Lipinski definition) is 3. The van der Waals surface area contributed by atoms with Crippen LogP contribution in [0.5, 0.6) is 0 Å². The van der Waals surface area contributed by atoms with Gasteiger partial charge < -0.3 is 9.84 Å². The Morgan fingerprint density at radius 1 is 1.42 bits per heavy atom. The van der Waals surface area contributed by atoms with Gasteiger partial charge in [0, 0.05) is 6.42 Å². The number of aliphatic hydroxyl groups is 1. The molecule has 2 atom stereocenters. The van der Waals surface area contributed by atoms with Crippen LogP contribution < -0.4 is 0 Å². The summed E-state index contributed by atoms with van der Waals surface area (Å²) < 4.78 is 5.17. The molecule has 2 rings (SSSR count). The van der Waals surface area contributed by atoms with Crippen LogP contribution in [-0.4, -0.2) is 23.3 Å². The Morgan fingerprint density at radius 2 is 2.08 bits per heavy atom. The van der Waals surface area contributed by atoms with Gasteiger partial charge in [-0.1, -0.05) is 6.42 Å². The fourth-order valence-corrected chi connectivity index (χ4v) is 2.25. The number of ketones is 1. The zero-order chi connectivity index (χ0) is 8.82. The topological polar surface area (TPSA) is 46.5 Å².